The van der Waals surface area contributed by atoms with Gasteiger partial charge in [0.1, 0.15) is 5.69 Å². The van der Waals surface area contributed by atoms with E-state index in [1.165, 1.54) is 0 Å². The first-order chi connectivity index (χ1) is 11.3. The van der Waals surface area contributed by atoms with Crippen LogP contribution in [0.4, 0.5) is 0 Å². The summed E-state index contributed by atoms with van der Waals surface area (Å²) in [6, 6.07) is 0. The van der Waals surface area contributed by atoms with Crippen LogP contribution in [0.3, 0.4) is 0 Å². The van der Waals surface area contributed by atoms with E-state index in [2.05, 4.69) is 23.0 Å². The van der Waals surface area contributed by atoms with Gasteiger partial charge in [0.25, 0.3) is 0 Å². The standard InChI is InChI=1S/C12H18N2O2.C4H4O4/c1-4-15-12-9(2)13-11(16-12)10-6-5-7-14(3)8-10;5-3(6)1-2-4(7)8/h6H,4-5,7-8H2,1-3H3;1-2H,(H,5,6)(H,7,8)/b;2-1-. The zero-order chi connectivity index (χ0) is 18.1. The fraction of sp³-hybridized carbons (Fsp3) is 0.438. The van der Waals surface area contributed by atoms with Crippen LogP contribution in [-0.2, 0) is 9.59 Å². The molecular weight excluding hydrogens is 316 g/mol. The molecule has 2 N–H and O–H groups in total. The zero-order valence-electron chi connectivity index (χ0n) is 14.0. The Morgan fingerprint density at radius 3 is 2.50 bits per heavy atom. The molecule has 0 amide bonds. The topological polar surface area (TPSA) is 113 Å². The van der Waals surface area contributed by atoms with Crippen LogP contribution in [0.15, 0.2) is 22.6 Å². The van der Waals surface area contributed by atoms with Gasteiger partial charge in [-0.05, 0) is 27.3 Å². The van der Waals surface area contributed by atoms with E-state index < -0.39 is 11.9 Å². The van der Waals surface area contributed by atoms with E-state index in [9.17, 15) is 9.59 Å². The Morgan fingerprint density at radius 2 is 2.00 bits per heavy atom. The number of hydrogen-bond donors (Lipinski definition) is 2. The number of nitrogens with zero attached hydrogens (tertiary/aromatic N) is 2. The lowest BCUT2D eigenvalue weighted by molar-refractivity contribution is -0.134. The molecule has 8 heteroatoms. The lowest BCUT2D eigenvalue weighted by atomic mass is 10.1. The fourth-order valence-electron chi connectivity index (χ4n) is 1.98. The maximum Gasteiger partial charge on any atom is 0.328 e. The summed E-state index contributed by atoms with van der Waals surface area (Å²) in [4.78, 5) is 25.8. The van der Waals surface area contributed by atoms with Crippen molar-refractivity contribution < 1.29 is 29.0 Å². The first-order valence-corrected chi connectivity index (χ1v) is 7.45. The van der Waals surface area contributed by atoms with Crippen molar-refractivity contribution in [1.82, 2.24) is 9.88 Å². The highest BCUT2D eigenvalue weighted by atomic mass is 16.6. The van der Waals surface area contributed by atoms with Gasteiger partial charge in [0.05, 0.1) is 6.61 Å². The first-order valence-electron chi connectivity index (χ1n) is 7.45. The Balaban J connectivity index is 0.000000307. The Bertz CT molecular complexity index is 617. The molecule has 1 aromatic rings. The number of oxazole rings is 1. The van der Waals surface area contributed by atoms with Gasteiger partial charge in [-0.1, -0.05) is 6.08 Å². The zero-order valence-corrected chi connectivity index (χ0v) is 14.0. The van der Waals surface area contributed by atoms with E-state index >= 15 is 0 Å². The average molecular weight is 338 g/mol. The Hall–Kier alpha value is -2.61. The number of carbonyl (C=O) groups is 2. The van der Waals surface area contributed by atoms with Crippen molar-refractivity contribution >= 4 is 17.5 Å². The predicted octanol–water partition coefficient (Wildman–Crippen LogP) is 1.81. The summed E-state index contributed by atoms with van der Waals surface area (Å²) in [7, 11) is 2.10. The molecule has 2 rings (SSSR count). The van der Waals surface area contributed by atoms with Crippen LogP contribution in [0.2, 0.25) is 0 Å². The van der Waals surface area contributed by atoms with Gasteiger partial charge in [-0.25, -0.2) is 14.6 Å². The molecule has 0 aliphatic carbocycles. The third kappa shape index (κ3) is 6.66. The van der Waals surface area contributed by atoms with Crippen LogP contribution in [0, 0.1) is 6.92 Å². The molecule has 8 nitrogen and oxygen atoms in total. The third-order valence-corrected chi connectivity index (χ3v) is 3.01. The number of aliphatic carboxylic acids is 2. The van der Waals surface area contributed by atoms with Gasteiger partial charge < -0.3 is 24.3 Å². The molecule has 0 unspecified atom stereocenters. The molecular formula is C16H22N2O6. The number of carboxylic acid groups (broad SMARTS) is 2. The Morgan fingerprint density at radius 1 is 1.38 bits per heavy atom. The third-order valence-electron chi connectivity index (χ3n) is 3.01. The van der Waals surface area contributed by atoms with E-state index in [-0.39, 0.29) is 0 Å². The minimum atomic E-state index is -1.26. The van der Waals surface area contributed by atoms with Crippen molar-refractivity contribution in [2.75, 3.05) is 26.7 Å². The van der Waals surface area contributed by atoms with Crippen LogP contribution in [-0.4, -0.2) is 58.8 Å². The van der Waals surface area contributed by atoms with Crippen LogP contribution >= 0.6 is 0 Å². The highest BCUT2D eigenvalue weighted by Crippen LogP contribution is 2.26. The summed E-state index contributed by atoms with van der Waals surface area (Å²) in [6.07, 6.45) is 4.36. The summed E-state index contributed by atoms with van der Waals surface area (Å²) >= 11 is 0. The molecule has 0 bridgehead atoms. The second-order valence-electron chi connectivity index (χ2n) is 5.09. The van der Waals surface area contributed by atoms with Gasteiger partial charge in [0.15, 0.2) is 0 Å². The number of rotatable bonds is 5. The maximum absolute atomic E-state index is 9.55. The number of hydrogen-bond acceptors (Lipinski definition) is 6. The van der Waals surface area contributed by atoms with Crippen LogP contribution in [0.5, 0.6) is 5.95 Å². The lowest BCUT2D eigenvalue weighted by Crippen LogP contribution is -2.25. The summed E-state index contributed by atoms with van der Waals surface area (Å²) in [5.74, 6) is -1.26. The molecule has 0 atom stereocenters. The van der Waals surface area contributed by atoms with E-state index in [4.69, 9.17) is 19.4 Å². The number of aromatic nitrogens is 1. The van der Waals surface area contributed by atoms with Crippen molar-refractivity contribution in [3.8, 4) is 5.95 Å². The Labute approximate surface area is 140 Å². The Kier molecular flexibility index (Phi) is 7.70. The highest BCUT2D eigenvalue weighted by Gasteiger charge is 2.17. The SMILES string of the molecule is CCOc1oc(C2=CCCN(C)C2)nc1C.O=C(O)/C=C\C(=O)O. The molecule has 1 aliphatic rings. The van der Waals surface area contributed by atoms with Crippen molar-refractivity contribution in [2.24, 2.45) is 0 Å². The second-order valence-corrected chi connectivity index (χ2v) is 5.09. The molecule has 0 fully saturated rings. The number of carboxylic acids is 2. The normalized spacial score (nSPS) is 14.7. The average Bonchev–Trinajstić information content (AvgIpc) is 2.88. The van der Waals surface area contributed by atoms with Crippen molar-refractivity contribution in [3.05, 3.63) is 29.8 Å². The molecule has 1 aromatic heterocycles. The molecule has 24 heavy (non-hydrogen) atoms. The van der Waals surface area contributed by atoms with Crippen molar-refractivity contribution in [3.63, 3.8) is 0 Å². The molecule has 0 saturated carbocycles. The molecule has 132 valence electrons. The van der Waals surface area contributed by atoms with Gasteiger partial charge in [-0.3, -0.25) is 0 Å². The second kappa shape index (κ2) is 9.51. The van der Waals surface area contributed by atoms with E-state index in [1.54, 1.807) is 0 Å². The molecule has 0 radical (unpaired) electrons. The molecule has 2 heterocycles. The lowest BCUT2D eigenvalue weighted by Gasteiger charge is -2.20. The van der Waals surface area contributed by atoms with Crippen LogP contribution in [0.25, 0.3) is 5.57 Å². The minimum Gasteiger partial charge on any atom is -0.478 e. The molecule has 0 spiro atoms. The van der Waals surface area contributed by atoms with E-state index in [0.29, 0.717) is 30.6 Å². The highest BCUT2D eigenvalue weighted by molar-refractivity contribution is 5.89. The number of aryl methyl sites for hydroxylation is 1. The van der Waals surface area contributed by atoms with Gasteiger partial charge in [-0.15, -0.1) is 0 Å². The largest absolute Gasteiger partial charge is 0.478 e. The maximum atomic E-state index is 9.55. The van der Waals surface area contributed by atoms with Gasteiger partial charge >= 0.3 is 17.9 Å². The predicted molar refractivity (Wildman–Crippen MR) is 86.9 cm³/mol. The van der Waals surface area contributed by atoms with Gasteiger partial charge in [-0.2, -0.15) is 0 Å². The summed E-state index contributed by atoms with van der Waals surface area (Å²) in [5.41, 5.74) is 1.98. The summed E-state index contributed by atoms with van der Waals surface area (Å²) < 4.78 is 11.0. The summed E-state index contributed by atoms with van der Waals surface area (Å²) in [6.45, 7) is 6.45. The molecule has 0 saturated heterocycles. The van der Waals surface area contributed by atoms with Gasteiger partial charge in [0, 0.05) is 30.8 Å². The minimum absolute atomic E-state index is 0.548. The molecule has 1 aliphatic heterocycles. The molecule has 0 aromatic carbocycles. The number of likely N-dealkylation sites (N-methyl/N-ethyl adjacent to an activating group) is 1. The quantitative estimate of drug-likeness (QED) is 0.782. The van der Waals surface area contributed by atoms with E-state index in [1.807, 2.05) is 13.8 Å². The smallest absolute Gasteiger partial charge is 0.328 e. The van der Waals surface area contributed by atoms with Crippen LogP contribution in [0.1, 0.15) is 24.9 Å². The number of ether oxygens (including phenoxy) is 1. The van der Waals surface area contributed by atoms with E-state index in [0.717, 1.165) is 30.8 Å². The first kappa shape index (κ1) is 19.4. The van der Waals surface area contributed by atoms with Crippen molar-refractivity contribution in [2.45, 2.75) is 20.3 Å². The summed E-state index contributed by atoms with van der Waals surface area (Å²) in [5, 5.41) is 15.6. The van der Waals surface area contributed by atoms with Crippen LogP contribution < -0.4 is 4.74 Å². The van der Waals surface area contributed by atoms with Crippen molar-refractivity contribution in [1.29, 1.82) is 0 Å². The van der Waals surface area contributed by atoms with Gasteiger partial charge in [0.2, 0.25) is 5.89 Å². The fourth-order valence-corrected chi connectivity index (χ4v) is 1.98. The monoisotopic (exact) mass is 338 g/mol.